The summed E-state index contributed by atoms with van der Waals surface area (Å²) in [7, 11) is 0. The van der Waals surface area contributed by atoms with Gasteiger partial charge >= 0.3 is 5.97 Å². The molecule has 2 aromatic rings. The van der Waals surface area contributed by atoms with Gasteiger partial charge in [0.2, 0.25) is 0 Å². The van der Waals surface area contributed by atoms with Crippen LogP contribution in [0.1, 0.15) is 57.4 Å². The summed E-state index contributed by atoms with van der Waals surface area (Å²) in [6.07, 6.45) is 3.85. The van der Waals surface area contributed by atoms with Crippen LogP contribution in [-0.4, -0.2) is 38.3 Å². The van der Waals surface area contributed by atoms with Gasteiger partial charge in [0.1, 0.15) is 0 Å². The second kappa shape index (κ2) is 7.85. The fourth-order valence-corrected chi connectivity index (χ4v) is 4.05. The van der Waals surface area contributed by atoms with Crippen LogP contribution in [0.3, 0.4) is 0 Å². The number of carboxylic acid groups (broad SMARTS) is 1. The van der Waals surface area contributed by atoms with Gasteiger partial charge in [-0.15, -0.1) is 0 Å². The lowest BCUT2D eigenvalue weighted by Gasteiger charge is -2.37. The molecule has 5 heteroatoms. The highest BCUT2D eigenvalue weighted by Crippen LogP contribution is 2.29. The molecule has 3 rings (SSSR count). The summed E-state index contributed by atoms with van der Waals surface area (Å²) in [5, 5.41) is 14.4. The number of aliphatic carboxylic acids is 1. The van der Waals surface area contributed by atoms with Crippen LogP contribution in [-0.2, 0) is 23.3 Å². The van der Waals surface area contributed by atoms with E-state index in [2.05, 4.69) is 44.0 Å². The third kappa shape index (κ3) is 4.59. The molecule has 0 saturated carbocycles. The first-order chi connectivity index (χ1) is 12.8. The third-order valence-corrected chi connectivity index (χ3v) is 5.54. The zero-order valence-electron chi connectivity index (χ0n) is 16.9. The van der Waals surface area contributed by atoms with Crippen LogP contribution in [0, 0.1) is 5.92 Å². The molecular formula is C22H31N3O2. The molecule has 0 radical (unpaired) electrons. The summed E-state index contributed by atoms with van der Waals surface area (Å²) in [6, 6.07) is 10.4. The highest BCUT2D eigenvalue weighted by molar-refractivity contribution is 5.71. The van der Waals surface area contributed by atoms with Crippen LogP contribution in [0.25, 0.3) is 0 Å². The van der Waals surface area contributed by atoms with Gasteiger partial charge in [-0.1, -0.05) is 51.1 Å². The normalized spacial score (nSPS) is 21.3. The van der Waals surface area contributed by atoms with Gasteiger partial charge in [-0.25, -0.2) is 0 Å². The van der Waals surface area contributed by atoms with Gasteiger partial charge in [0.25, 0.3) is 0 Å². The zero-order chi connectivity index (χ0) is 19.6. The van der Waals surface area contributed by atoms with Gasteiger partial charge in [-0.3, -0.25) is 14.4 Å². The lowest BCUT2D eigenvalue weighted by atomic mass is 9.87. The number of hydrogen-bond acceptors (Lipinski definition) is 3. The maximum Gasteiger partial charge on any atom is 0.308 e. The molecule has 1 aromatic carbocycles. The number of nitrogens with zero attached hydrogens (tertiary/aromatic N) is 3. The Morgan fingerprint density at radius 3 is 2.56 bits per heavy atom. The summed E-state index contributed by atoms with van der Waals surface area (Å²) >= 11 is 0. The third-order valence-electron chi connectivity index (χ3n) is 5.54. The van der Waals surface area contributed by atoms with E-state index in [9.17, 15) is 9.90 Å². The van der Waals surface area contributed by atoms with Gasteiger partial charge in [0.05, 0.1) is 18.2 Å². The number of aromatic nitrogens is 2. The monoisotopic (exact) mass is 369 g/mol. The van der Waals surface area contributed by atoms with Crippen LogP contribution >= 0.6 is 0 Å². The molecule has 1 N–H and O–H groups in total. The largest absolute Gasteiger partial charge is 0.481 e. The van der Waals surface area contributed by atoms with Crippen LogP contribution in [0.4, 0.5) is 0 Å². The zero-order valence-corrected chi connectivity index (χ0v) is 16.9. The Hall–Kier alpha value is -2.14. The Balaban J connectivity index is 1.84. The number of carbonyl (C=O) groups is 1. The van der Waals surface area contributed by atoms with E-state index in [0.717, 1.165) is 38.2 Å². The summed E-state index contributed by atoms with van der Waals surface area (Å²) in [5.74, 6) is -0.959. The highest BCUT2D eigenvalue weighted by atomic mass is 16.4. The molecule has 1 aliphatic rings. The van der Waals surface area contributed by atoms with Crippen molar-refractivity contribution in [3.8, 4) is 0 Å². The number of likely N-dealkylation sites (tertiary alicyclic amines) is 1. The SMILES string of the molecule is C[C@@H]1[C@H](C(=O)O)CCCN1Cc1cn(Cc2ccccc2)nc1C(C)(C)C. The second-order valence-corrected chi connectivity index (χ2v) is 8.73. The molecule has 1 saturated heterocycles. The predicted octanol–water partition coefficient (Wildman–Crippen LogP) is 3.91. The maximum atomic E-state index is 11.6. The number of rotatable bonds is 5. The van der Waals surface area contributed by atoms with Crippen molar-refractivity contribution in [3.63, 3.8) is 0 Å². The Morgan fingerprint density at radius 1 is 1.22 bits per heavy atom. The summed E-state index contributed by atoms with van der Waals surface area (Å²) < 4.78 is 2.02. The molecule has 1 aliphatic heterocycles. The lowest BCUT2D eigenvalue weighted by molar-refractivity contribution is -0.145. The number of benzene rings is 1. The molecule has 27 heavy (non-hydrogen) atoms. The molecular weight excluding hydrogens is 338 g/mol. The number of carboxylic acids is 1. The van der Waals surface area contributed by atoms with Crippen LogP contribution in [0.5, 0.6) is 0 Å². The maximum absolute atomic E-state index is 11.6. The summed E-state index contributed by atoms with van der Waals surface area (Å²) in [4.78, 5) is 13.9. The molecule has 0 spiro atoms. The fraction of sp³-hybridized carbons (Fsp3) is 0.545. The van der Waals surface area contributed by atoms with E-state index >= 15 is 0 Å². The Kier molecular flexibility index (Phi) is 5.70. The van der Waals surface area contributed by atoms with Gasteiger partial charge in [0.15, 0.2) is 0 Å². The topological polar surface area (TPSA) is 58.4 Å². The minimum atomic E-state index is -0.678. The van der Waals surface area contributed by atoms with Crippen molar-refractivity contribution < 1.29 is 9.90 Å². The van der Waals surface area contributed by atoms with Gasteiger partial charge in [-0.2, -0.15) is 5.10 Å². The number of hydrogen-bond donors (Lipinski definition) is 1. The van der Waals surface area contributed by atoms with E-state index < -0.39 is 5.97 Å². The first kappa shape index (κ1) is 19.6. The van der Waals surface area contributed by atoms with Gasteiger partial charge in [0, 0.05) is 29.8 Å². The van der Waals surface area contributed by atoms with E-state index in [4.69, 9.17) is 5.10 Å². The van der Waals surface area contributed by atoms with E-state index in [0.29, 0.717) is 0 Å². The Morgan fingerprint density at radius 2 is 1.93 bits per heavy atom. The van der Waals surface area contributed by atoms with Crippen molar-refractivity contribution >= 4 is 5.97 Å². The predicted molar refractivity (Wildman–Crippen MR) is 107 cm³/mol. The molecule has 0 aliphatic carbocycles. The Labute approximate surface area is 162 Å². The minimum absolute atomic E-state index is 0.0431. The van der Waals surface area contributed by atoms with Crippen molar-refractivity contribution in [3.05, 3.63) is 53.3 Å². The van der Waals surface area contributed by atoms with Crippen LogP contribution in [0.2, 0.25) is 0 Å². The standard InChI is InChI=1S/C22H31N3O2/c1-16-19(21(26)27)11-8-12-24(16)14-18-15-25(23-20(18)22(2,3)4)13-17-9-6-5-7-10-17/h5-7,9-10,15-16,19H,8,11-14H2,1-4H3,(H,26,27)/t16-,19-/m1/s1. The molecule has 0 bridgehead atoms. The molecule has 1 fully saturated rings. The molecule has 0 amide bonds. The average Bonchev–Trinajstić information content (AvgIpc) is 3.00. The van der Waals surface area contributed by atoms with Crippen LogP contribution < -0.4 is 0 Å². The molecule has 5 nitrogen and oxygen atoms in total. The van der Waals surface area contributed by atoms with E-state index in [1.54, 1.807) is 0 Å². The molecule has 2 heterocycles. The van der Waals surface area contributed by atoms with Crippen molar-refractivity contribution in [2.24, 2.45) is 5.92 Å². The van der Waals surface area contributed by atoms with E-state index in [1.807, 2.05) is 29.8 Å². The quantitative estimate of drug-likeness (QED) is 0.868. The van der Waals surface area contributed by atoms with Crippen molar-refractivity contribution in [2.75, 3.05) is 6.54 Å². The van der Waals surface area contributed by atoms with Crippen molar-refractivity contribution in [2.45, 2.75) is 65.1 Å². The Bertz CT molecular complexity index is 777. The number of piperidine rings is 1. The average molecular weight is 370 g/mol. The van der Waals surface area contributed by atoms with E-state index in [1.165, 1.54) is 11.1 Å². The first-order valence-corrected chi connectivity index (χ1v) is 9.83. The van der Waals surface area contributed by atoms with Crippen molar-refractivity contribution in [1.82, 2.24) is 14.7 Å². The fourth-order valence-electron chi connectivity index (χ4n) is 4.05. The molecule has 1 aromatic heterocycles. The highest BCUT2D eigenvalue weighted by Gasteiger charge is 2.34. The minimum Gasteiger partial charge on any atom is -0.481 e. The van der Waals surface area contributed by atoms with Gasteiger partial charge < -0.3 is 5.11 Å². The van der Waals surface area contributed by atoms with E-state index in [-0.39, 0.29) is 17.4 Å². The second-order valence-electron chi connectivity index (χ2n) is 8.73. The molecule has 2 atom stereocenters. The molecule has 0 unspecified atom stereocenters. The van der Waals surface area contributed by atoms with Gasteiger partial charge in [-0.05, 0) is 31.9 Å². The first-order valence-electron chi connectivity index (χ1n) is 9.83. The smallest absolute Gasteiger partial charge is 0.308 e. The van der Waals surface area contributed by atoms with Crippen LogP contribution in [0.15, 0.2) is 36.5 Å². The summed E-state index contributed by atoms with van der Waals surface area (Å²) in [5.41, 5.74) is 3.48. The summed E-state index contributed by atoms with van der Waals surface area (Å²) in [6.45, 7) is 11.0. The van der Waals surface area contributed by atoms with Crippen molar-refractivity contribution in [1.29, 1.82) is 0 Å². The lowest BCUT2D eigenvalue weighted by Crippen LogP contribution is -2.45. The molecule has 146 valence electrons.